The van der Waals surface area contributed by atoms with E-state index in [0.717, 1.165) is 42.8 Å². The standard InChI is InChI=1S/C19H23N3O3/c1-2-8-22-9-7-18-15-11-3-4-13(23)16(15)25-17(18)12(21-20)5-6-19(18,24)14(22)10-11/h2-4,14,17,23-24H,1,5-10,20H2/b21-12-/t14-,17+,18+,19-/m1/s1. The van der Waals surface area contributed by atoms with Gasteiger partial charge in [0.05, 0.1) is 16.7 Å². The fraction of sp³-hybridized carbons (Fsp3) is 0.526. The molecule has 1 aromatic rings. The lowest BCUT2D eigenvalue weighted by Gasteiger charge is -2.62. The molecule has 0 amide bonds. The summed E-state index contributed by atoms with van der Waals surface area (Å²) in [5.41, 5.74) is 1.42. The summed E-state index contributed by atoms with van der Waals surface area (Å²) in [7, 11) is 0. The highest BCUT2D eigenvalue weighted by atomic mass is 16.5. The van der Waals surface area contributed by atoms with E-state index in [2.05, 4.69) is 16.6 Å². The predicted molar refractivity (Wildman–Crippen MR) is 93.9 cm³/mol. The lowest BCUT2D eigenvalue weighted by Crippen LogP contribution is -2.76. The molecular weight excluding hydrogens is 318 g/mol. The molecule has 0 aromatic heterocycles. The molecule has 4 atom stereocenters. The van der Waals surface area contributed by atoms with Crippen molar-refractivity contribution in [3.63, 3.8) is 0 Å². The van der Waals surface area contributed by atoms with Crippen LogP contribution in [0.4, 0.5) is 0 Å². The number of benzene rings is 1. The van der Waals surface area contributed by atoms with Gasteiger partial charge in [-0.1, -0.05) is 12.1 Å². The molecule has 2 aliphatic carbocycles. The minimum atomic E-state index is -0.918. The molecule has 1 saturated heterocycles. The minimum Gasteiger partial charge on any atom is -0.504 e. The Morgan fingerprint density at radius 3 is 3.04 bits per heavy atom. The Balaban J connectivity index is 1.79. The lowest BCUT2D eigenvalue weighted by atomic mass is 9.49. The number of ether oxygens (including phenoxy) is 1. The number of hydrazone groups is 1. The molecule has 0 unspecified atom stereocenters. The number of rotatable bonds is 2. The van der Waals surface area contributed by atoms with E-state index >= 15 is 0 Å². The maximum atomic E-state index is 12.0. The van der Waals surface area contributed by atoms with E-state index in [1.165, 1.54) is 0 Å². The maximum Gasteiger partial charge on any atom is 0.166 e. The minimum absolute atomic E-state index is 0.00710. The molecule has 2 heterocycles. The molecule has 1 aromatic carbocycles. The van der Waals surface area contributed by atoms with Crippen LogP contribution >= 0.6 is 0 Å². The average molecular weight is 341 g/mol. The number of aromatic hydroxyl groups is 1. The molecule has 2 bridgehead atoms. The van der Waals surface area contributed by atoms with Crippen LogP contribution in [0.3, 0.4) is 0 Å². The molecular formula is C19H23N3O3. The number of aliphatic hydroxyl groups is 1. The van der Waals surface area contributed by atoms with Crippen LogP contribution in [0.2, 0.25) is 0 Å². The summed E-state index contributed by atoms with van der Waals surface area (Å²) < 4.78 is 6.21. The van der Waals surface area contributed by atoms with Crippen LogP contribution in [0.25, 0.3) is 0 Å². The number of phenolic OH excluding ortho intramolecular Hbond substituents is 1. The number of piperidine rings is 1. The van der Waals surface area contributed by atoms with Gasteiger partial charge in [0.25, 0.3) is 0 Å². The molecule has 2 fully saturated rings. The van der Waals surface area contributed by atoms with Crippen molar-refractivity contribution in [2.75, 3.05) is 13.1 Å². The molecule has 1 saturated carbocycles. The molecule has 4 N–H and O–H groups in total. The molecule has 4 aliphatic rings. The van der Waals surface area contributed by atoms with E-state index in [1.54, 1.807) is 6.07 Å². The molecule has 1 spiro atoms. The van der Waals surface area contributed by atoms with Gasteiger partial charge in [0.15, 0.2) is 17.6 Å². The zero-order valence-electron chi connectivity index (χ0n) is 14.1. The fourth-order valence-corrected chi connectivity index (χ4v) is 5.95. The van der Waals surface area contributed by atoms with Gasteiger partial charge < -0.3 is 20.8 Å². The van der Waals surface area contributed by atoms with Gasteiger partial charge in [-0.3, -0.25) is 4.90 Å². The number of hydrogen-bond acceptors (Lipinski definition) is 6. The zero-order valence-corrected chi connectivity index (χ0v) is 14.1. The van der Waals surface area contributed by atoms with Crippen LogP contribution < -0.4 is 10.6 Å². The van der Waals surface area contributed by atoms with Crippen LogP contribution in [0.1, 0.15) is 30.4 Å². The van der Waals surface area contributed by atoms with Crippen molar-refractivity contribution < 1.29 is 14.9 Å². The smallest absolute Gasteiger partial charge is 0.166 e. The van der Waals surface area contributed by atoms with Gasteiger partial charge in [-0.05, 0) is 37.3 Å². The Morgan fingerprint density at radius 1 is 1.44 bits per heavy atom. The van der Waals surface area contributed by atoms with Crippen molar-refractivity contribution in [3.05, 3.63) is 35.9 Å². The Labute approximate surface area is 146 Å². The molecule has 0 radical (unpaired) electrons. The third kappa shape index (κ3) is 1.56. The highest BCUT2D eigenvalue weighted by Crippen LogP contribution is 2.64. The van der Waals surface area contributed by atoms with E-state index in [4.69, 9.17) is 10.6 Å². The zero-order chi connectivity index (χ0) is 17.4. The second-order valence-corrected chi connectivity index (χ2v) is 7.72. The van der Waals surface area contributed by atoms with Gasteiger partial charge in [-0.25, -0.2) is 0 Å². The largest absolute Gasteiger partial charge is 0.504 e. The van der Waals surface area contributed by atoms with Gasteiger partial charge >= 0.3 is 0 Å². The SMILES string of the molecule is C=CCN1CC[C@]23c4c5ccc(O)c4O[C@H]2/C(=N\N)CC[C@@]3(O)[C@H]1C5. The first-order chi connectivity index (χ1) is 12.1. The maximum absolute atomic E-state index is 12.0. The number of likely N-dealkylation sites (tertiary alicyclic amines) is 1. The molecule has 132 valence electrons. The highest BCUT2D eigenvalue weighted by molar-refractivity contribution is 5.94. The summed E-state index contributed by atoms with van der Waals surface area (Å²) >= 11 is 0. The average Bonchev–Trinajstić information content (AvgIpc) is 2.95. The lowest BCUT2D eigenvalue weighted by molar-refractivity contribution is -0.163. The summed E-state index contributed by atoms with van der Waals surface area (Å²) in [6.07, 6.45) is 4.22. The van der Waals surface area contributed by atoms with Crippen molar-refractivity contribution in [2.45, 2.75) is 48.8 Å². The number of phenols is 1. The second-order valence-electron chi connectivity index (χ2n) is 7.72. The monoisotopic (exact) mass is 341 g/mol. The summed E-state index contributed by atoms with van der Waals surface area (Å²) in [4.78, 5) is 2.33. The third-order valence-electron chi connectivity index (χ3n) is 6.92. The van der Waals surface area contributed by atoms with E-state index in [-0.39, 0.29) is 11.8 Å². The van der Waals surface area contributed by atoms with Crippen molar-refractivity contribution >= 4 is 5.71 Å². The van der Waals surface area contributed by atoms with Crippen LogP contribution in [-0.2, 0) is 11.8 Å². The van der Waals surface area contributed by atoms with E-state index < -0.39 is 17.1 Å². The van der Waals surface area contributed by atoms with E-state index in [0.29, 0.717) is 18.6 Å². The molecule has 6 nitrogen and oxygen atoms in total. The summed E-state index contributed by atoms with van der Waals surface area (Å²) in [5, 5.41) is 26.4. The molecule has 25 heavy (non-hydrogen) atoms. The molecule has 6 heteroatoms. The van der Waals surface area contributed by atoms with Crippen LogP contribution in [0, 0.1) is 0 Å². The van der Waals surface area contributed by atoms with Gasteiger partial charge in [0.2, 0.25) is 0 Å². The summed E-state index contributed by atoms with van der Waals surface area (Å²) in [6, 6.07) is 3.67. The van der Waals surface area contributed by atoms with Crippen LogP contribution in [0.5, 0.6) is 11.5 Å². The van der Waals surface area contributed by atoms with Crippen LogP contribution in [-0.4, -0.2) is 51.7 Å². The first-order valence-corrected chi connectivity index (χ1v) is 8.93. The van der Waals surface area contributed by atoms with Crippen molar-refractivity contribution in [2.24, 2.45) is 10.9 Å². The van der Waals surface area contributed by atoms with Crippen LogP contribution in [0.15, 0.2) is 29.9 Å². The second kappa shape index (κ2) is 4.77. The fourth-order valence-electron chi connectivity index (χ4n) is 5.95. The first kappa shape index (κ1) is 15.2. The number of nitrogens with two attached hydrogens (primary N) is 1. The summed E-state index contributed by atoms with van der Waals surface area (Å²) in [6.45, 7) is 5.48. The molecule has 2 aliphatic heterocycles. The Hall–Kier alpha value is -2.05. The first-order valence-electron chi connectivity index (χ1n) is 8.93. The summed E-state index contributed by atoms with van der Waals surface area (Å²) in [5.74, 6) is 6.30. The quantitative estimate of drug-likeness (QED) is 0.425. The van der Waals surface area contributed by atoms with E-state index in [1.807, 2.05) is 12.1 Å². The van der Waals surface area contributed by atoms with Gasteiger partial charge in [-0.2, -0.15) is 5.10 Å². The number of nitrogens with zero attached hydrogens (tertiary/aromatic N) is 2. The Bertz CT molecular complexity index is 807. The van der Waals surface area contributed by atoms with Crippen molar-refractivity contribution in [1.82, 2.24) is 4.90 Å². The normalized spacial score (nSPS) is 39.8. The topological polar surface area (TPSA) is 91.3 Å². The Morgan fingerprint density at radius 2 is 2.28 bits per heavy atom. The number of hydrogen-bond donors (Lipinski definition) is 3. The predicted octanol–water partition coefficient (Wildman–Crippen LogP) is 1.05. The third-order valence-corrected chi connectivity index (χ3v) is 6.92. The Kier molecular flexibility index (Phi) is 2.90. The highest BCUT2D eigenvalue weighted by Gasteiger charge is 2.72. The van der Waals surface area contributed by atoms with Gasteiger partial charge in [0.1, 0.15) is 0 Å². The molecule has 5 rings (SSSR count). The van der Waals surface area contributed by atoms with E-state index in [9.17, 15) is 10.2 Å². The van der Waals surface area contributed by atoms with Crippen molar-refractivity contribution in [1.29, 1.82) is 0 Å². The van der Waals surface area contributed by atoms with Crippen molar-refractivity contribution in [3.8, 4) is 11.5 Å². The van der Waals surface area contributed by atoms with Gasteiger partial charge in [-0.15, -0.1) is 6.58 Å². The van der Waals surface area contributed by atoms with Gasteiger partial charge in [0, 0.05) is 24.7 Å².